The molecule has 120 valence electrons. The molecule has 3 nitrogen and oxygen atoms in total. The fourth-order valence-corrected chi connectivity index (χ4v) is 2.38. The Morgan fingerprint density at radius 1 is 1.14 bits per heavy atom. The smallest absolute Gasteiger partial charge is 0.123 e. The first-order valence-electron chi connectivity index (χ1n) is 8.26. The van der Waals surface area contributed by atoms with Gasteiger partial charge in [0.15, 0.2) is 0 Å². The molecule has 0 aliphatic rings. The van der Waals surface area contributed by atoms with Gasteiger partial charge in [0.25, 0.3) is 0 Å². The molecule has 0 amide bonds. The lowest BCUT2D eigenvalue weighted by molar-refractivity contribution is 0.320. The minimum absolute atomic E-state index is 0.884. The van der Waals surface area contributed by atoms with Gasteiger partial charge < -0.3 is 15.0 Å². The van der Waals surface area contributed by atoms with E-state index >= 15 is 0 Å². The molecule has 3 heteroatoms. The second-order valence-electron chi connectivity index (χ2n) is 5.77. The van der Waals surface area contributed by atoms with E-state index in [-0.39, 0.29) is 0 Å². The van der Waals surface area contributed by atoms with Gasteiger partial charge in [0.2, 0.25) is 0 Å². The number of rotatable bonds is 11. The summed E-state index contributed by atoms with van der Waals surface area (Å²) in [6.07, 6.45) is 4.96. The van der Waals surface area contributed by atoms with Gasteiger partial charge in [-0.3, -0.25) is 0 Å². The number of hydrogen-bond acceptors (Lipinski definition) is 3. The third kappa shape index (κ3) is 6.96. The monoisotopic (exact) mass is 292 g/mol. The SMILES string of the molecule is CCCCNCc1ccc(CN(C)CCCC)cc1OC. The molecule has 1 aromatic rings. The van der Waals surface area contributed by atoms with Crippen molar-refractivity contribution in [1.82, 2.24) is 10.2 Å². The molecule has 0 aromatic heterocycles. The summed E-state index contributed by atoms with van der Waals surface area (Å²) in [5.41, 5.74) is 2.57. The van der Waals surface area contributed by atoms with E-state index in [0.29, 0.717) is 0 Å². The number of unbranched alkanes of at least 4 members (excludes halogenated alkanes) is 2. The van der Waals surface area contributed by atoms with Crippen LogP contribution in [0.2, 0.25) is 0 Å². The highest BCUT2D eigenvalue weighted by atomic mass is 16.5. The van der Waals surface area contributed by atoms with Gasteiger partial charge in [-0.1, -0.05) is 38.8 Å². The molecule has 0 saturated carbocycles. The number of benzene rings is 1. The molecule has 0 aliphatic heterocycles. The van der Waals surface area contributed by atoms with Crippen LogP contribution in [0.5, 0.6) is 5.75 Å². The highest BCUT2D eigenvalue weighted by molar-refractivity contribution is 5.37. The van der Waals surface area contributed by atoms with Crippen LogP contribution in [0, 0.1) is 0 Å². The van der Waals surface area contributed by atoms with Crippen LogP contribution in [-0.4, -0.2) is 32.1 Å². The zero-order chi connectivity index (χ0) is 15.5. The van der Waals surface area contributed by atoms with Crippen LogP contribution in [-0.2, 0) is 13.1 Å². The Bertz CT molecular complexity index is 393. The Morgan fingerprint density at radius 2 is 1.90 bits per heavy atom. The quantitative estimate of drug-likeness (QED) is 0.628. The Labute approximate surface area is 130 Å². The standard InChI is InChI=1S/C18H32N2O/c1-5-7-11-19-14-17-10-9-16(13-18(17)21-4)15-20(3)12-8-6-2/h9-10,13,19H,5-8,11-12,14-15H2,1-4H3. The van der Waals surface area contributed by atoms with Crippen LogP contribution >= 0.6 is 0 Å². The van der Waals surface area contributed by atoms with E-state index < -0.39 is 0 Å². The molecule has 0 radical (unpaired) electrons. The van der Waals surface area contributed by atoms with E-state index in [1.165, 1.54) is 36.8 Å². The highest BCUT2D eigenvalue weighted by Gasteiger charge is 2.06. The van der Waals surface area contributed by atoms with Crippen LogP contribution in [0.15, 0.2) is 18.2 Å². The summed E-state index contributed by atoms with van der Waals surface area (Å²) in [6.45, 7) is 8.54. The Balaban J connectivity index is 2.56. The second-order valence-corrected chi connectivity index (χ2v) is 5.77. The molecule has 0 heterocycles. The van der Waals surface area contributed by atoms with Gasteiger partial charge in [-0.05, 0) is 44.6 Å². The first-order chi connectivity index (χ1) is 10.2. The molecule has 1 N–H and O–H groups in total. The summed E-state index contributed by atoms with van der Waals surface area (Å²) in [5, 5.41) is 3.48. The third-order valence-corrected chi connectivity index (χ3v) is 3.72. The lowest BCUT2D eigenvalue weighted by Gasteiger charge is -2.17. The molecule has 1 rings (SSSR count). The second kappa shape index (κ2) is 10.6. The predicted molar refractivity (Wildman–Crippen MR) is 90.9 cm³/mol. The lowest BCUT2D eigenvalue weighted by atomic mass is 10.1. The molecule has 0 spiro atoms. The summed E-state index contributed by atoms with van der Waals surface area (Å²) >= 11 is 0. The first kappa shape index (κ1) is 18.0. The number of hydrogen-bond donors (Lipinski definition) is 1. The van der Waals surface area contributed by atoms with E-state index in [1.54, 1.807) is 7.11 Å². The van der Waals surface area contributed by atoms with Crippen LogP contribution in [0.3, 0.4) is 0 Å². The van der Waals surface area contributed by atoms with Crippen LogP contribution in [0.25, 0.3) is 0 Å². The molecule has 1 aromatic carbocycles. The van der Waals surface area contributed by atoms with E-state index in [0.717, 1.165) is 31.9 Å². The molecular weight excluding hydrogens is 260 g/mol. The summed E-state index contributed by atoms with van der Waals surface area (Å²) in [6, 6.07) is 6.60. The first-order valence-corrected chi connectivity index (χ1v) is 8.26. The van der Waals surface area contributed by atoms with Gasteiger partial charge in [0.1, 0.15) is 5.75 Å². The van der Waals surface area contributed by atoms with Crippen molar-refractivity contribution in [3.8, 4) is 5.75 Å². The fraction of sp³-hybridized carbons (Fsp3) is 0.667. The van der Waals surface area contributed by atoms with Crippen molar-refractivity contribution in [3.05, 3.63) is 29.3 Å². The van der Waals surface area contributed by atoms with Gasteiger partial charge in [-0.15, -0.1) is 0 Å². The molecule has 0 fully saturated rings. The predicted octanol–water partition coefficient (Wildman–Crippen LogP) is 3.82. The Kier molecular flexibility index (Phi) is 9.11. The largest absolute Gasteiger partial charge is 0.496 e. The van der Waals surface area contributed by atoms with Gasteiger partial charge in [-0.25, -0.2) is 0 Å². The van der Waals surface area contributed by atoms with Crippen molar-refractivity contribution in [2.75, 3.05) is 27.2 Å². The summed E-state index contributed by atoms with van der Waals surface area (Å²) < 4.78 is 5.55. The van der Waals surface area contributed by atoms with E-state index in [9.17, 15) is 0 Å². The maximum Gasteiger partial charge on any atom is 0.123 e. The summed E-state index contributed by atoms with van der Waals surface area (Å²) in [7, 11) is 3.94. The van der Waals surface area contributed by atoms with Crippen molar-refractivity contribution in [1.29, 1.82) is 0 Å². The Morgan fingerprint density at radius 3 is 2.57 bits per heavy atom. The fourth-order valence-electron chi connectivity index (χ4n) is 2.38. The molecule has 0 bridgehead atoms. The number of methoxy groups -OCH3 is 1. The van der Waals surface area contributed by atoms with Crippen molar-refractivity contribution >= 4 is 0 Å². The van der Waals surface area contributed by atoms with Gasteiger partial charge >= 0.3 is 0 Å². The average molecular weight is 292 g/mol. The number of nitrogens with zero attached hydrogens (tertiary/aromatic N) is 1. The maximum atomic E-state index is 5.55. The molecule has 0 saturated heterocycles. The molecular formula is C18H32N2O. The van der Waals surface area contributed by atoms with E-state index in [2.05, 4.69) is 49.3 Å². The van der Waals surface area contributed by atoms with Gasteiger partial charge in [0, 0.05) is 18.7 Å². The van der Waals surface area contributed by atoms with Gasteiger partial charge in [-0.2, -0.15) is 0 Å². The number of nitrogens with one attached hydrogen (secondary N) is 1. The zero-order valence-electron chi connectivity index (χ0n) is 14.2. The molecule has 0 aliphatic carbocycles. The van der Waals surface area contributed by atoms with Crippen LogP contribution in [0.4, 0.5) is 0 Å². The average Bonchev–Trinajstić information content (AvgIpc) is 2.50. The lowest BCUT2D eigenvalue weighted by Crippen LogP contribution is -2.19. The highest BCUT2D eigenvalue weighted by Crippen LogP contribution is 2.21. The van der Waals surface area contributed by atoms with Gasteiger partial charge in [0.05, 0.1) is 7.11 Å². The van der Waals surface area contributed by atoms with E-state index in [4.69, 9.17) is 4.74 Å². The van der Waals surface area contributed by atoms with Crippen LogP contribution < -0.4 is 10.1 Å². The Hall–Kier alpha value is -1.06. The maximum absolute atomic E-state index is 5.55. The minimum atomic E-state index is 0.884. The normalized spacial score (nSPS) is 11.1. The molecule has 21 heavy (non-hydrogen) atoms. The number of ether oxygens (including phenoxy) is 1. The summed E-state index contributed by atoms with van der Waals surface area (Å²) in [5.74, 6) is 1.00. The van der Waals surface area contributed by atoms with Crippen molar-refractivity contribution in [2.24, 2.45) is 0 Å². The van der Waals surface area contributed by atoms with Crippen molar-refractivity contribution in [2.45, 2.75) is 52.6 Å². The molecule has 0 unspecified atom stereocenters. The van der Waals surface area contributed by atoms with Crippen molar-refractivity contribution < 1.29 is 4.74 Å². The molecule has 0 atom stereocenters. The third-order valence-electron chi connectivity index (χ3n) is 3.72. The minimum Gasteiger partial charge on any atom is -0.496 e. The van der Waals surface area contributed by atoms with Crippen molar-refractivity contribution in [3.63, 3.8) is 0 Å². The zero-order valence-corrected chi connectivity index (χ0v) is 14.2. The van der Waals surface area contributed by atoms with E-state index in [1.807, 2.05) is 0 Å². The van der Waals surface area contributed by atoms with Crippen LogP contribution in [0.1, 0.15) is 50.7 Å². The summed E-state index contributed by atoms with van der Waals surface area (Å²) in [4.78, 5) is 2.37. The topological polar surface area (TPSA) is 24.5 Å².